The first-order chi connectivity index (χ1) is 65.5. The predicted molar refractivity (Wildman–Crippen MR) is 562 cm³/mol. The van der Waals surface area contributed by atoms with E-state index in [1.807, 2.05) is 36.4 Å². The Morgan fingerprint density at radius 3 is 0.371 bits per heavy atom. The average molecular weight is 1780 g/mol. The first-order valence-corrected chi connectivity index (χ1v) is 53.2. The number of hydrogen-bond acceptors (Lipinski definition) is 6. The summed E-state index contributed by atoms with van der Waals surface area (Å²) in [5.41, 5.74) is 4.33. The molecule has 0 saturated carbocycles. The molecule has 4 rings (SSSR count). The Labute approximate surface area is 810 Å². The Bertz CT molecular complexity index is 3870. The van der Waals surface area contributed by atoms with Crippen molar-refractivity contribution in [2.75, 3.05) is 39.6 Å². The number of fused-ring (bicyclic) bond motifs is 3. The topological polar surface area (TPSA) is 55.4 Å². The lowest BCUT2D eigenvalue weighted by Gasteiger charge is -2.16. The summed E-state index contributed by atoms with van der Waals surface area (Å²) in [4.78, 5) is 0. The van der Waals surface area contributed by atoms with E-state index in [0.29, 0.717) is 74.1 Å². The van der Waals surface area contributed by atoms with Crippen molar-refractivity contribution in [2.45, 2.75) is 465 Å². The van der Waals surface area contributed by atoms with Gasteiger partial charge in [0.05, 0.1) is 39.6 Å². The molecule has 132 heavy (non-hydrogen) atoms. The van der Waals surface area contributed by atoms with Crippen LogP contribution >= 0.6 is 0 Å². The van der Waals surface area contributed by atoms with Crippen LogP contribution in [0, 0.1) is 178 Å². The van der Waals surface area contributed by atoms with E-state index in [0.717, 1.165) is 342 Å². The van der Waals surface area contributed by atoms with Crippen molar-refractivity contribution in [1.29, 1.82) is 0 Å². The molecule has 0 aliphatic heterocycles. The van der Waals surface area contributed by atoms with Gasteiger partial charge in [-0.1, -0.05) is 379 Å². The molecule has 0 atom stereocenters. The number of unbranched alkanes of at least 4 members (excludes halogenated alkanes) is 54. The highest BCUT2D eigenvalue weighted by molar-refractivity contribution is 5.68. The average Bonchev–Trinajstić information content (AvgIpc) is 0.796. The van der Waals surface area contributed by atoms with Crippen molar-refractivity contribution in [3.8, 4) is 212 Å². The Balaban J connectivity index is 1.81. The molecule has 0 fully saturated rings. The predicted octanol–water partition coefficient (Wildman–Crippen LogP) is 32.4. The van der Waals surface area contributed by atoms with Crippen LogP contribution in [0.15, 0.2) is 36.4 Å². The molecule has 0 unspecified atom stereocenters. The molecule has 1 aliphatic carbocycles. The summed E-state index contributed by atoms with van der Waals surface area (Å²) in [6.07, 6.45) is 71.5. The summed E-state index contributed by atoms with van der Waals surface area (Å²) in [5.74, 6) is 102. The minimum Gasteiger partial charge on any atom is -0.490 e. The third kappa shape index (κ3) is 65.4. The van der Waals surface area contributed by atoms with Crippen LogP contribution in [0.25, 0.3) is 0 Å². The van der Waals surface area contributed by atoms with E-state index >= 15 is 0 Å². The first kappa shape index (κ1) is 114. The smallest absolute Gasteiger partial charge is 0.162 e. The fourth-order valence-electron chi connectivity index (χ4n) is 14.7. The summed E-state index contributed by atoms with van der Waals surface area (Å²) in [6.45, 7) is 16.6. The highest BCUT2D eigenvalue weighted by atomic mass is 16.5. The zero-order valence-electron chi connectivity index (χ0n) is 83.8. The quantitative estimate of drug-likeness (QED) is 0.0324. The van der Waals surface area contributed by atoms with Crippen molar-refractivity contribution >= 4 is 0 Å². The van der Waals surface area contributed by atoms with Crippen LogP contribution in [0.1, 0.15) is 499 Å². The second kappa shape index (κ2) is 88.8. The molecule has 0 radical (unpaired) electrons. The summed E-state index contributed by atoms with van der Waals surface area (Å²) >= 11 is 0. The summed E-state index contributed by atoms with van der Waals surface area (Å²) < 4.78 is 41.2. The number of rotatable bonds is 72. The van der Waals surface area contributed by atoms with Gasteiger partial charge in [-0.3, -0.25) is 0 Å². The van der Waals surface area contributed by atoms with E-state index in [4.69, 9.17) is 28.4 Å². The van der Waals surface area contributed by atoms with Gasteiger partial charge < -0.3 is 28.4 Å². The van der Waals surface area contributed by atoms with Gasteiger partial charge in [0.15, 0.2) is 34.5 Å². The lowest BCUT2D eigenvalue weighted by atomic mass is 10.0. The minimum absolute atomic E-state index is 0.530. The van der Waals surface area contributed by atoms with Crippen LogP contribution in [0.3, 0.4) is 0 Å². The lowest BCUT2D eigenvalue weighted by Crippen LogP contribution is -2.05. The van der Waals surface area contributed by atoms with Crippen LogP contribution in [-0.2, 0) is 0 Å². The van der Waals surface area contributed by atoms with E-state index in [1.165, 1.54) is 116 Å². The van der Waals surface area contributed by atoms with Gasteiger partial charge in [0.25, 0.3) is 0 Å². The molecule has 708 valence electrons. The van der Waals surface area contributed by atoms with Gasteiger partial charge in [0.2, 0.25) is 0 Å². The maximum Gasteiger partial charge on any atom is 0.162 e. The molecule has 0 aromatic heterocycles. The minimum atomic E-state index is 0.530. The van der Waals surface area contributed by atoms with Crippen LogP contribution in [-0.4, -0.2) is 39.6 Å². The SMILES string of the molecule is CCCCCCC#CC#CCCCCCCCOc1cc2c(cc1OCCCCCCCC#CC#CCCCCCC)C#Cc1cc(OCCCCCCCC#CC#CCCCCCC)c(OCCCCCCCC#CC#CCCCCCC)cc1C#Cc1cc(OCCCCCCCC#CC#CCCCCCC)c(OCCCCCCCC#CC#CCCCCCC)cc1C#C2. The molecule has 3 aromatic rings. The van der Waals surface area contributed by atoms with Crippen LogP contribution in [0.2, 0.25) is 0 Å². The van der Waals surface area contributed by atoms with Crippen molar-refractivity contribution < 1.29 is 28.4 Å². The fourth-order valence-corrected chi connectivity index (χ4v) is 14.7. The molecule has 0 N–H and O–H groups in total. The molecule has 0 saturated heterocycles. The van der Waals surface area contributed by atoms with Crippen LogP contribution in [0.4, 0.5) is 0 Å². The molecule has 3 aromatic carbocycles. The van der Waals surface area contributed by atoms with Crippen molar-refractivity contribution in [3.05, 3.63) is 69.8 Å². The molecule has 0 spiro atoms. The van der Waals surface area contributed by atoms with E-state index in [-0.39, 0.29) is 0 Å². The second-order valence-corrected chi connectivity index (χ2v) is 35.0. The molecule has 0 bridgehead atoms. The summed E-state index contributed by atoms with van der Waals surface area (Å²) in [6, 6.07) is 12.3. The molecule has 6 nitrogen and oxygen atoms in total. The Kier molecular flexibility index (Phi) is 76.8. The molecule has 1 aliphatic rings. The molecular formula is C126H168O6. The lowest BCUT2D eigenvalue weighted by molar-refractivity contribution is 0.258. The largest absolute Gasteiger partial charge is 0.490 e. The maximum absolute atomic E-state index is 6.86. The van der Waals surface area contributed by atoms with Crippen LogP contribution in [0.5, 0.6) is 34.5 Å². The van der Waals surface area contributed by atoms with Crippen LogP contribution < -0.4 is 28.4 Å². The molecule has 0 amide bonds. The first-order valence-electron chi connectivity index (χ1n) is 53.2. The molecular weight excluding hydrogens is 1610 g/mol. The third-order valence-corrected chi connectivity index (χ3v) is 22.8. The standard InChI is InChI=1S/C126H168O6/c1-7-13-19-25-31-37-43-49-55-61-67-73-79-85-91-103-127-121-109-115-97-98-117-111-123(129-105-93-87-81-75-69-63-57-51-45-39-33-27-21-15-9-3)125(131-107-95-89-83-77-71-65-59-53-47-41-35-29-23-17-11-5)113-119(117)101-102-120-114-126(132-108-96-90-84-78-72-66-60-54-48-42-36-30-24-18-12-6)124(130-106-94-88-82-76-70-64-58-52-46-40-34-28-22-16-10-4)112-118(120)100-99-116(115)110-122(121)128-104-92-86-80-74-68-62-56-50-44-38-32-26-20-14-8-2/h109-114H,7-36,61-96,103-108H2,1-6H3. The highest BCUT2D eigenvalue weighted by Gasteiger charge is 2.18. The van der Waals surface area contributed by atoms with Gasteiger partial charge >= 0.3 is 0 Å². The van der Waals surface area contributed by atoms with Crippen molar-refractivity contribution in [2.24, 2.45) is 0 Å². The number of benzene rings is 3. The zero-order valence-corrected chi connectivity index (χ0v) is 83.8. The fraction of sp³-hybridized carbons (Fsp3) is 0.619. The summed E-state index contributed by atoms with van der Waals surface area (Å²) in [5, 5.41) is 0. The van der Waals surface area contributed by atoms with E-state index in [9.17, 15) is 0 Å². The highest BCUT2D eigenvalue weighted by Crippen LogP contribution is 2.37. The molecule has 6 heteroatoms. The Hall–Kier alpha value is -10.1. The number of ether oxygens (including phenoxy) is 6. The normalized spacial score (nSPS) is 10.1. The maximum atomic E-state index is 6.86. The van der Waals surface area contributed by atoms with Gasteiger partial charge in [0.1, 0.15) is 0 Å². The van der Waals surface area contributed by atoms with Crippen molar-refractivity contribution in [3.63, 3.8) is 0 Å². The molecule has 0 heterocycles. The summed E-state index contributed by atoms with van der Waals surface area (Å²) in [7, 11) is 0. The van der Waals surface area contributed by atoms with Crippen molar-refractivity contribution in [1.82, 2.24) is 0 Å². The third-order valence-electron chi connectivity index (χ3n) is 22.8. The van der Waals surface area contributed by atoms with Gasteiger partial charge in [-0.05, 0) is 187 Å². The zero-order chi connectivity index (χ0) is 93.5. The van der Waals surface area contributed by atoms with Gasteiger partial charge in [0, 0.05) is 147 Å². The van der Waals surface area contributed by atoms with Gasteiger partial charge in [-0.25, -0.2) is 0 Å². The second-order valence-electron chi connectivity index (χ2n) is 35.0. The Morgan fingerprint density at radius 1 is 0.144 bits per heavy atom. The Morgan fingerprint density at radius 2 is 0.250 bits per heavy atom. The van der Waals surface area contributed by atoms with E-state index < -0.39 is 0 Å². The van der Waals surface area contributed by atoms with E-state index in [1.54, 1.807) is 0 Å². The van der Waals surface area contributed by atoms with Gasteiger partial charge in [-0.15, -0.1) is 0 Å². The monoisotopic (exact) mass is 1780 g/mol. The van der Waals surface area contributed by atoms with Gasteiger partial charge in [-0.2, -0.15) is 0 Å². The van der Waals surface area contributed by atoms with E-state index in [2.05, 4.69) is 219 Å². The number of hydrogen-bond donors (Lipinski definition) is 0.